The molecule has 35 heavy (non-hydrogen) atoms. The Bertz CT molecular complexity index is 1220. The van der Waals surface area contributed by atoms with Gasteiger partial charge >= 0.3 is 5.97 Å². The van der Waals surface area contributed by atoms with Crippen LogP contribution in [0.5, 0.6) is 6.01 Å². The highest BCUT2D eigenvalue weighted by molar-refractivity contribution is 6.33. The van der Waals surface area contributed by atoms with Crippen LogP contribution in [-0.4, -0.2) is 56.4 Å². The summed E-state index contributed by atoms with van der Waals surface area (Å²) in [7, 11) is 0. The smallest absolute Gasteiger partial charge is 0.309 e. The fourth-order valence-corrected chi connectivity index (χ4v) is 5.46. The van der Waals surface area contributed by atoms with Crippen molar-refractivity contribution >= 4 is 34.4 Å². The molecule has 0 radical (unpaired) electrons. The van der Waals surface area contributed by atoms with E-state index in [9.17, 15) is 15.0 Å². The quantitative estimate of drug-likeness (QED) is 0.443. The molecule has 0 spiro atoms. The van der Waals surface area contributed by atoms with E-state index < -0.39 is 11.4 Å². The molecular formula is C26H31ClN4O4. The van der Waals surface area contributed by atoms with Gasteiger partial charge in [0.1, 0.15) is 6.10 Å². The zero-order valence-electron chi connectivity index (χ0n) is 20.0. The van der Waals surface area contributed by atoms with Gasteiger partial charge in [-0.2, -0.15) is 4.98 Å². The Kier molecular flexibility index (Phi) is 6.36. The maximum atomic E-state index is 11.6. The SMILES string of the molecule is CC(C)(C(=O)O)C1CCC(Oc2nc3nc(-c4ccc(N5CC[C@@H](O)C5)cc4)c(Cl)cc3[nH]2)CC1. The molecule has 1 saturated carbocycles. The number of pyridine rings is 1. The first-order valence-electron chi connectivity index (χ1n) is 12.2. The van der Waals surface area contributed by atoms with Gasteiger partial charge in [-0.1, -0.05) is 23.7 Å². The van der Waals surface area contributed by atoms with Crippen molar-refractivity contribution in [2.24, 2.45) is 11.3 Å². The summed E-state index contributed by atoms with van der Waals surface area (Å²) in [6.07, 6.45) is 3.71. The number of hydrogen-bond acceptors (Lipinski definition) is 6. The zero-order chi connectivity index (χ0) is 24.7. The Morgan fingerprint density at radius 1 is 1.14 bits per heavy atom. The number of carboxylic acids is 1. The van der Waals surface area contributed by atoms with Gasteiger partial charge in [0.25, 0.3) is 6.01 Å². The van der Waals surface area contributed by atoms with Gasteiger partial charge in [0.2, 0.25) is 0 Å². The molecule has 1 atom stereocenters. The number of nitrogens with zero attached hydrogens (tertiary/aromatic N) is 3. The van der Waals surface area contributed by atoms with Crippen LogP contribution in [0.4, 0.5) is 5.69 Å². The number of anilines is 1. The number of rotatable bonds is 6. The third-order valence-corrected chi connectivity index (χ3v) is 7.89. The predicted molar refractivity (Wildman–Crippen MR) is 135 cm³/mol. The van der Waals surface area contributed by atoms with E-state index in [4.69, 9.17) is 16.3 Å². The first-order valence-corrected chi connectivity index (χ1v) is 12.6. The molecule has 5 rings (SSSR count). The number of β-amino-alcohol motifs (C(OH)–C–C–N with tert-alkyl or cyclic N) is 1. The highest BCUT2D eigenvalue weighted by Crippen LogP contribution is 2.39. The number of aromatic amines is 1. The molecule has 3 N–H and O–H groups in total. The molecule has 2 aliphatic rings. The third-order valence-electron chi connectivity index (χ3n) is 7.60. The number of ether oxygens (including phenoxy) is 1. The van der Waals surface area contributed by atoms with Crippen molar-refractivity contribution in [3.63, 3.8) is 0 Å². The van der Waals surface area contributed by atoms with Gasteiger partial charge in [-0.05, 0) is 70.1 Å². The Morgan fingerprint density at radius 3 is 2.49 bits per heavy atom. The summed E-state index contributed by atoms with van der Waals surface area (Å²) >= 11 is 6.57. The molecule has 1 aliphatic heterocycles. The molecule has 3 heterocycles. The molecule has 1 aliphatic carbocycles. The van der Waals surface area contributed by atoms with Crippen LogP contribution < -0.4 is 9.64 Å². The second-order valence-corrected chi connectivity index (χ2v) is 10.7. The number of aliphatic hydroxyl groups excluding tert-OH is 1. The number of aliphatic hydroxyl groups is 1. The van der Waals surface area contributed by atoms with E-state index in [1.54, 1.807) is 13.8 Å². The van der Waals surface area contributed by atoms with E-state index in [-0.39, 0.29) is 18.1 Å². The normalized spacial score (nSPS) is 23.1. The summed E-state index contributed by atoms with van der Waals surface area (Å²) in [5.74, 6) is -0.608. The van der Waals surface area contributed by atoms with Crippen molar-refractivity contribution in [3.05, 3.63) is 35.4 Å². The number of H-pyrrole nitrogens is 1. The zero-order valence-corrected chi connectivity index (χ0v) is 20.8. The van der Waals surface area contributed by atoms with Crippen molar-refractivity contribution in [1.82, 2.24) is 15.0 Å². The number of hydrogen-bond donors (Lipinski definition) is 3. The number of fused-ring (bicyclic) bond motifs is 1. The number of benzene rings is 1. The van der Waals surface area contributed by atoms with Gasteiger partial charge < -0.3 is 24.8 Å². The summed E-state index contributed by atoms with van der Waals surface area (Å²) in [6, 6.07) is 10.2. The molecule has 2 aromatic heterocycles. The van der Waals surface area contributed by atoms with E-state index in [1.165, 1.54) is 0 Å². The first kappa shape index (κ1) is 23.9. The molecule has 8 nitrogen and oxygen atoms in total. The van der Waals surface area contributed by atoms with Crippen LogP contribution in [0.25, 0.3) is 22.4 Å². The minimum Gasteiger partial charge on any atom is -0.481 e. The summed E-state index contributed by atoms with van der Waals surface area (Å²) in [5.41, 5.74) is 3.13. The summed E-state index contributed by atoms with van der Waals surface area (Å²) < 4.78 is 6.11. The van der Waals surface area contributed by atoms with Crippen molar-refractivity contribution in [3.8, 4) is 17.3 Å². The Balaban J connectivity index is 1.28. The van der Waals surface area contributed by atoms with E-state index in [0.717, 1.165) is 49.9 Å². The van der Waals surface area contributed by atoms with Crippen LogP contribution in [0.1, 0.15) is 46.0 Å². The summed E-state index contributed by atoms with van der Waals surface area (Å²) in [4.78, 5) is 26.1. The van der Waals surface area contributed by atoms with Gasteiger partial charge in [-0.3, -0.25) is 4.79 Å². The first-order chi connectivity index (χ1) is 16.7. The average Bonchev–Trinajstić information content (AvgIpc) is 3.44. The molecule has 1 saturated heterocycles. The predicted octanol–water partition coefficient (Wildman–Crippen LogP) is 4.90. The minimum absolute atomic E-state index is 0.0111. The molecule has 0 amide bonds. The highest BCUT2D eigenvalue weighted by Gasteiger charge is 2.39. The number of imidazole rings is 1. The molecule has 1 aromatic carbocycles. The number of aliphatic carboxylic acids is 1. The lowest BCUT2D eigenvalue weighted by molar-refractivity contribution is -0.151. The monoisotopic (exact) mass is 498 g/mol. The number of carbonyl (C=O) groups is 1. The number of aromatic nitrogens is 3. The molecule has 3 aromatic rings. The molecule has 0 bridgehead atoms. The molecule has 2 fully saturated rings. The minimum atomic E-state index is -0.748. The number of carboxylic acid groups (broad SMARTS) is 1. The van der Waals surface area contributed by atoms with Crippen LogP contribution in [-0.2, 0) is 4.79 Å². The van der Waals surface area contributed by atoms with Crippen LogP contribution in [0.15, 0.2) is 30.3 Å². The third kappa shape index (κ3) is 4.82. The van der Waals surface area contributed by atoms with Crippen molar-refractivity contribution in [2.45, 2.75) is 58.2 Å². The molecule has 186 valence electrons. The van der Waals surface area contributed by atoms with Gasteiger partial charge in [0, 0.05) is 24.3 Å². The standard InChI is InChI=1S/C26H31ClN4O4/c1-26(2,24(33)34)16-5-9-19(10-6-16)35-25-28-21-13-20(27)22(29-23(21)30-25)15-3-7-17(8-4-15)31-12-11-18(32)14-31/h3-4,7-8,13,16,18-19,32H,5-6,9-12,14H2,1-2H3,(H,33,34)(H,28,29,30)/t16?,18-,19?/m1/s1. The van der Waals surface area contributed by atoms with E-state index in [0.29, 0.717) is 34.4 Å². The fraction of sp³-hybridized carbons (Fsp3) is 0.500. The van der Waals surface area contributed by atoms with Gasteiger partial charge in [-0.25, -0.2) is 4.98 Å². The molecular weight excluding hydrogens is 468 g/mol. The lowest BCUT2D eigenvalue weighted by atomic mass is 9.70. The maximum Gasteiger partial charge on any atom is 0.309 e. The second kappa shape index (κ2) is 9.32. The van der Waals surface area contributed by atoms with Crippen molar-refractivity contribution in [1.29, 1.82) is 0 Å². The number of halogens is 1. The highest BCUT2D eigenvalue weighted by atomic mass is 35.5. The summed E-state index contributed by atoms with van der Waals surface area (Å²) in [5, 5.41) is 19.8. The average molecular weight is 499 g/mol. The van der Waals surface area contributed by atoms with Crippen LogP contribution in [0.3, 0.4) is 0 Å². The van der Waals surface area contributed by atoms with Gasteiger partial charge in [0.05, 0.1) is 27.8 Å². The van der Waals surface area contributed by atoms with Gasteiger partial charge in [-0.15, -0.1) is 0 Å². The fourth-order valence-electron chi connectivity index (χ4n) is 5.20. The van der Waals surface area contributed by atoms with E-state index in [2.05, 4.69) is 19.9 Å². The topological polar surface area (TPSA) is 112 Å². The maximum absolute atomic E-state index is 11.6. The Morgan fingerprint density at radius 2 is 1.86 bits per heavy atom. The lowest BCUT2D eigenvalue weighted by Gasteiger charge is -2.36. The number of nitrogens with one attached hydrogen (secondary N) is 1. The van der Waals surface area contributed by atoms with Crippen LogP contribution >= 0.6 is 11.6 Å². The molecule has 9 heteroatoms. The van der Waals surface area contributed by atoms with Gasteiger partial charge in [0.15, 0.2) is 5.65 Å². The van der Waals surface area contributed by atoms with E-state index in [1.807, 2.05) is 30.3 Å². The van der Waals surface area contributed by atoms with Crippen molar-refractivity contribution in [2.75, 3.05) is 18.0 Å². The van der Waals surface area contributed by atoms with E-state index >= 15 is 0 Å². The molecule has 0 unspecified atom stereocenters. The Labute approximate surface area is 209 Å². The largest absolute Gasteiger partial charge is 0.481 e. The Hall–Kier alpha value is -2.84. The summed E-state index contributed by atoms with van der Waals surface area (Å²) in [6.45, 7) is 5.11. The van der Waals surface area contributed by atoms with Crippen LogP contribution in [0, 0.1) is 11.3 Å². The lowest BCUT2D eigenvalue weighted by Crippen LogP contribution is -2.37. The second-order valence-electron chi connectivity index (χ2n) is 10.3. The van der Waals surface area contributed by atoms with Crippen molar-refractivity contribution < 1.29 is 19.7 Å². The van der Waals surface area contributed by atoms with Crippen LogP contribution in [0.2, 0.25) is 5.02 Å².